The number of nitrogens with one attached hydrogen (secondary N) is 1. The fourth-order valence-electron chi connectivity index (χ4n) is 0.473. The van der Waals surface area contributed by atoms with Crippen molar-refractivity contribution in [3.8, 4) is 0 Å². The Hall–Kier alpha value is -0.530. The lowest BCUT2D eigenvalue weighted by Crippen LogP contribution is -2.00. The molecule has 0 saturated heterocycles. The van der Waals surface area contributed by atoms with Gasteiger partial charge in [-0.05, 0) is 13.3 Å². The van der Waals surface area contributed by atoms with E-state index in [2.05, 4.69) is 0 Å². The van der Waals surface area contributed by atoms with Crippen molar-refractivity contribution in [3.05, 3.63) is 0 Å². The van der Waals surface area contributed by atoms with Gasteiger partial charge in [0.15, 0.2) is 5.90 Å². The van der Waals surface area contributed by atoms with E-state index >= 15 is 0 Å². The number of ether oxygens (including phenoxy) is 1. The normalized spacial score (nSPS) is 7.78. The minimum Gasteiger partial charge on any atom is -0.481 e. The van der Waals surface area contributed by atoms with Crippen LogP contribution in [-0.4, -0.2) is 12.5 Å². The highest BCUT2D eigenvalue weighted by atomic mass is 16.5. The Balaban J connectivity index is 0. The molecule has 0 aromatic rings. The minimum absolute atomic E-state index is 0. The third kappa shape index (κ3) is 7.47. The van der Waals surface area contributed by atoms with Crippen LogP contribution >= 0.6 is 0 Å². The van der Waals surface area contributed by atoms with Crippen LogP contribution in [0.15, 0.2) is 0 Å². The Kier molecular flexibility index (Phi) is 9.37. The van der Waals surface area contributed by atoms with Crippen LogP contribution in [0.2, 0.25) is 0 Å². The van der Waals surface area contributed by atoms with Crippen molar-refractivity contribution in [2.45, 2.75) is 34.1 Å². The van der Waals surface area contributed by atoms with E-state index in [4.69, 9.17) is 10.1 Å². The first-order chi connectivity index (χ1) is 3.81. The lowest BCUT2D eigenvalue weighted by Gasteiger charge is -2.00. The maximum absolute atomic E-state index is 7.07. The molecule has 1 N–H and O–H groups in total. The van der Waals surface area contributed by atoms with Crippen LogP contribution in [0.3, 0.4) is 0 Å². The van der Waals surface area contributed by atoms with Gasteiger partial charge in [-0.3, -0.25) is 5.41 Å². The summed E-state index contributed by atoms with van der Waals surface area (Å²) in [7, 11) is 0. The number of hydrogen-bond acceptors (Lipinski definition) is 2. The molecular formula is C7H17NO. The topological polar surface area (TPSA) is 33.1 Å². The molecule has 0 rings (SSSR count). The van der Waals surface area contributed by atoms with Crippen molar-refractivity contribution in [2.24, 2.45) is 0 Å². The fourth-order valence-corrected chi connectivity index (χ4v) is 0.473. The monoisotopic (exact) mass is 131 g/mol. The van der Waals surface area contributed by atoms with Gasteiger partial charge >= 0.3 is 0 Å². The van der Waals surface area contributed by atoms with Crippen molar-refractivity contribution in [3.63, 3.8) is 0 Å². The summed E-state index contributed by atoms with van der Waals surface area (Å²) in [5, 5.41) is 7.07. The first kappa shape index (κ1) is 11.3. The lowest BCUT2D eigenvalue weighted by atomic mass is 10.3. The summed E-state index contributed by atoms with van der Waals surface area (Å²) in [6, 6.07) is 0. The molecule has 2 heteroatoms. The van der Waals surface area contributed by atoms with Crippen molar-refractivity contribution in [2.75, 3.05) is 6.61 Å². The van der Waals surface area contributed by atoms with E-state index in [1.165, 1.54) is 0 Å². The zero-order chi connectivity index (χ0) is 6.41. The molecule has 0 fully saturated rings. The van der Waals surface area contributed by atoms with Crippen LogP contribution < -0.4 is 0 Å². The second-order valence-electron chi connectivity index (χ2n) is 1.61. The summed E-state index contributed by atoms with van der Waals surface area (Å²) in [6.07, 6.45) is 1.77. The molecule has 0 aromatic heterocycles. The summed E-state index contributed by atoms with van der Waals surface area (Å²) in [5.74, 6) is 0.412. The first-order valence-electron chi connectivity index (χ1n) is 3.01. The predicted octanol–water partition coefficient (Wildman–Crippen LogP) is 2.44. The molecular weight excluding hydrogens is 114 g/mol. The molecule has 9 heavy (non-hydrogen) atoms. The van der Waals surface area contributed by atoms with E-state index in [1.54, 1.807) is 0 Å². The van der Waals surface area contributed by atoms with Crippen LogP contribution in [0.5, 0.6) is 0 Å². The molecule has 0 spiro atoms. The summed E-state index contributed by atoms with van der Waals surface area (Å²) in [5.41, 5.74) is 0. The van der Waals surface area contributed by atoms with Crippen LogP contribution in [-0.2, 0) is 4.74 Å². The third-order valence-electron chi connectivity index (χ3n) is 0.796. The van der Waals surface area contributed by atoms with Crippen molar-refractivity contribution >= 4 is 5.90 Å². The van der Waals surface area contributed by atoms with Crippen molar-refractivity contribution < 1.29 is 4.74 Å². The van der Waals surface area contributed by atoms with E-state index in [1.807, 2.05) is 13.8 Å². The largest absolute Gasteiger partial charge is 0.481 e. The van der Waals surface area contributed by atoms with Crippen molar-refractivity contribution in [1.29, 1.82) is 5.41 Å². The Bertz CT molecular complexity index is 63.3. The summed E-state index contributed by atoms with van der Waals surface area (Å²) >= 11 is 0. The molecule has 2 nitrogen and oxygen atoms in total. The van der Waals surface area contributed by atoms with Gasteiger partial charge in [-0.2, -0.15) is 0 Å². The van der Waals surface area contributed by atoms with Gasteiger partial charge in [-0.25, -0.2) is 0 Å². The highest BCUT2D eigenvalue weighted by molar-refractivity contribution is 5.72. The van der Waals surface area contributed by atoms with Gasteiger partial charge in [0.2, 0.25) is 0 Å². The Morgan fingerprint density at radius 3 is 2.33 bits per heavy atom. The van der Waals surface area contributed by atoms with Gasteiger partial charge < -0.3 is 4.74 Å². The van der Waals surface area contributed by atoms with Crippen LogP contribution in [0.25, 0.3) is 0 Å². The molecule has 56 valence electrons. The summed E-state index contributed by atoms with van der Waals surface area (Å²) in [6.45, 7) is 4.55. The number of hydrogen-bond donors (Lipinski definition) is 1. The van der Waals surface area contributed by atoms with E-state index in [9.17, 15) is 0 Å². The van der Waals surface area contributed by atoms with Gasteiger partial charge in [-0.15, -0.1) is 0 Å². The SMILES string of the molecule is C.CCCC(=N)OCC. The standard InChI is InChI=1S/C6H13NO.CH4/c1-3-5-6(7)8-4-2;/h7H,3-5H2,1-2H3;1H4. The van der Waals surface area contributed by atoms with E-state index in [-0.39, 0.29) is 7.43 Å². The predicted molar refractivity (Wildman–Crippen MR) is 41.0 cm³/mol. The van der Waals surface area contributed by atoms with Gasteiger partial charge in [0.05, 0.1) is 6.61 Å². The molecule has 0 aromatic carbocycles. The quantitative estimate of drug-likeness (QED) is 0.463. The van der Waals surface area contributed by atoms with Crippen molar-refractivity contribution in [1.82, 2.24) is 0 Å². The first-order valence-corrected chi connectivity index (χ1v) is 3.01. The molecule has 0 unspecified atom stereocenters. The maximum atomic E-state index is 7.07. The molecule has 0 heterocycles. The molecule has 0 bridgehead atoms. The van der Waals surface area contributed by atoms with Crippen LogP contribution in [0, 0.1) is 5.41 Å². The Morgan fingerprint density at radius 1 is 1.44 bits per heavy atom. The number of rotatable bonds is 3. The van der Waals surface area contributed by atoms with Crippen LogP contribution in [0.4, 0.5) is 0 Å². The fraction of sp³-hybridized carbons (Fsp3) is 0.857. The average molecular weight is 131 g/mol. The van der Waals surface area contributed by atoms with Gasteiger partial charge in [0.1, 0.15) is 0 Å². The highest BCUT2D eigenvalue weighted by Gasteiger charge is 1.90. The maximum Gasteiger partial charge on any atom is 0.180 e. The van der Waals surface area contributed by atoms with Gasteiger partial charge in [-0.1, -0.05) is 14.4 Å². The minimum atomic E-state index is 0. The average Bonchev–Trinajstić information content (AvgIpc) is 1.68. The molecule has 0 radical (unpaired) electrons. The Morgan fingerprint density at radius 2 is 2.00 bits per heavy atom. The second-order valence-corrected chi connectivity index (χ2v) is 1.61. The molecule has 0 aliphatic heterocycles. The zero-order valence-electron chi connectivity index (χ0n) is 5.53. The van der Waals surface area contributed by atoms with Gasteiger partial charge in [0.25, 0.3) is 0 Å². The third-order valence-corrected chi connectivity index (χ3v) is 0.796. The molecule has 0 aliphatic rings. The summed E-state index contributed by atoms with van der Waals surface area (Å²) in [4.78, 5) is 0. The molecule has 0 atom stereocenters. The molecule has 0 saturated carbocycles. The second kappa shape index (κ2) is 7.47. The van der Waals surface area contributed by atoms with Gasteiger partial charge in [0, 0.05) is 6.42 Å². The van der Waals surface area contributed by atoms with E-state index < -0.39 is 0 Å². The highest BCUT2D eigenvalue weighted by Crippen LogP contribution is 1.89. The molecule has 0 aliphatic carbocycles. The van der Waals surface area contributed by atoms with E-state index in [0.29, 0.717) is 12.5 Å². The zero-order valence-corrected chi connectivity index (χ0v) is 5.53. The Labute approximate surface area is 57.7 Å². The van der Waals surface area contributed by atoms with Crippen LogP contribution in [0.1, 0.15) is 34.1 Å². The smallest absolute Gasteiger partial charge is 0.180 e. The summed E-state index contributed by atoms with van der Waals surface area (Å²) < 4.78 is 4.87. The van der Waals surface area contributed by atoms with E-state index in [0.717, 1.165) is 12.8 Å². The molecule has 0 amide bonds. The lowest BCUT2D eigenvalue weighted by molar-refractivity contribution is 0.313.